The second kappa shape index (κ2) is 4.71. The first-order chi connectivity index (χ1) is 6.97. The fourth-order valence-electron chi connectivity index (χ4n) is 0.995. The van der Waals surface area contributed by atoms with Gasteiger partial charge in [-0.3, -0.25) is 10.1 Å². The van der Waals surface area contributed by atoms with Crippen molar-refractivity contribution in [1.82, 2.24) is 0 Å². The van der Waals surface area contributed by atoms with Crippen LogP contribution in [0.1, 0.15) is 0 Å². The van der Waals surface area contributed by atoms with Gasteiger partial charge in [0.2, 0.25) is 0 Å². The molecule has 0 bridgehead atoms. The van der Waals surface area contributed by atoms with E-state index >= 15 is 0 Å². The maximum Gasteiger partial charge on any atom is 0.269 e. The van der Waals surface area contributed by atoms with Crippen molar-refractivity contribution in [2.24, 2.45) is 0 Å². The quantitative estimate of drug-likeness (QED) is 0.481. The third kappa shape index (κ3) is 3.00. The maximum absolute atomic E-state index is 11.5. The molecule has 1 rings (SSSR count). The van der Waals surface area contributed by atoms with Gasteiger partial charge in [-0.15, -0.1) is 0 Å². The second-order valence-corrected chi connectivity index (χ2v) is 5.66. The van der Waals surface area contributed by atoms with Gasteiger partial charge in [0, 0.05) is 17.5 Å². The predicted molar refractivity (Wildman–Crippen MR) is 58.9 cm³/mol. The summed E-state index contributed by atoms with van der Waals surface area (Å²) in [5.74, 6) is -0.0230. The Balaban J connectivity index is 3.04. The van der Waals surface area contributed by atoms with Gasteiger partial charge >= 0.3 is 0 Å². The average molecular weight is 294 g/mol. The standard InChI is InChI=1S/C8H8BrNO4S/c9-5-6-15(13,14)8-3-1-7(2-4-8)10(11)12/h1-4H,5-6H2. The Morgan fingerprint density at radius 3 is 2.20 bits per heavy atom. The molecule has 5 nitrogen and oxygen atoms in total. The highest BCUT2D eigenvalue weighted by molar-refractivity contribution is 9.09. The van der Waals surface area contributed by atoms with Crippen LogP contribution in [0.25, 0.3) is 0 Å². The summed E-state index contributed by atoms with van der Waals surface area (Å²) in [7, 11) is -3.32. The first kappa shape index (κ1) is 12.1. The van der Waals surface area contributed by atoms with Crippen LogP contribution in [-0.4, -0.2) is 24.4 Å². The summed E-state index contributed by atoms with van der Waals surface area (Å²) in [6, 6.07) is 4.86. The molecule has 0 atom stereocenters. The van der Waals surface area contributed by atoms with Crippen LogP contribution in [0, 0.1) is 10.1 Å². The molecule has 0 spiro atoms. The van der Waals surface area contributed by atoms with Crippen molar-refractivity contribution >= 4 is 31.5 Å². The number of halogens is 1. The first-order valence-electron chi connectivity index (χ1n) is 4.00. The highest BCUT2D eigenvalue weighted by atomic mass is 79.9. The van der Waals surface area contributed by atoms with Crippen LogP contribution in [0.4, 0.5) is 5.69 Å². The minimum Gasteiger partial charge on any atom is -0.258 e. The molecule has 0 aromatic heterocycles. The number of hydrogen-bond donors (Lipinski definition) is 0. The molecule has 15 heavy (non-hydrogen) atoms. The van der Waals surface area contributed by atoms with Crippen molar-refractivity contribution in [3.05, 3.63) is 34.4 Å². The number of alkyl halides is 1. The molecule has 0 heterocycles. The monoisotopic (exact) mass is 293 g/mol. The van der Waals surface area contributed by atoms with E-state index in [1.165, 1.54) is 24.3 Å². The van der Waals surface area contributed by atoms with E-state index in [1.807, 2.05) is 0 Å². The summed E-state index contributed by atoms with van der Waals surface area (Å²) >= 11 is 3.03. The molecule has 0 aliphatic carbocycles. The zero-order valence-electron chi connectivity index (χ0n) is 7.59. The lowest BCUT2D eigenvalue weighted by molar-refractivity contribution is -0.384. The van der Waals surface area contributed by atoms with Gasteiger partial charge in [-0.25, -0.2) is 8.42 Å². The maximum atomic E-state index is 11.5. The number of nitro groups is 1. The Morgan fingerprint density at radius 2 is 1.80 bits per heavy atom. The van der Waals surface area contributed by atoms with E-state index in [-0.39, 0.29) is 16.3 Å². The number of nitrogens with zero attached hydrogens (tertiary/aromatic N) is 1. The number of nitro benzene ring substituents is 1. The summed E-state index contributed by atoms with van der Waals surface area (Å²) in [5.41, 5.74) is -0.118. The minimum atomic E-state index is -3.32. The van der Waals surface area contributed by atoms with Crippen molar-refractivity contribution in [3.63, 3.8) is 0 Å². The van der Waals surface area contributed by atoms with E-state index in [9.17, 15) is 18.5 Å². The van der Waals surface area contributed by atoms with Gasteiger partial charge in [0.05, 0.1) is 15.6 Å². The van der Waals surface area contributed by atoms with E-state index in [1.54, 1.807) is 0 Å². The molecular formula is C8H8BrNO4S. The third-order valence-electron chi connectivity index (χ3n) is 1.75. The molecule has 0 saturated heterocycles. The first-order valence-corrected chi connectivity index (χ1v) is 6.78. The molecule has 0 aliphatic heterocycles. The zero-order valence-corrected chi connectivity index (χ0v) is 9.99. The lowest BCUT2D eigenvalue weighted by Crippen LogP contribution is -2.07. The molecule has 1 aromatic rings. The predicted octanol–water partition coefficient (Wildman–Crippen LogP) is 1.76. The molecule has 0 N–H and O–H groups in total. The van der Waals surface area contributed by atoms with E-state index < -0.39 is 14.8 Å². The van der Waals surface area contributed by atoms with Gasteiger partial charge in [-0.1, -0.05) is 15.9 Å². The summed E-state index contributed by atoms with van der Waals surface area (Å²) < 4.78 is 23.0. The number of hydrogen-bond acceptors (Lipinski definition) is 4. The topological polar surface area (TPSA) is 77.3 Å². The molecule has 0 aliphatic rings. The number of non-ortho nitro benzene ring substituents is 1. The molecule has 7 heteroatoms. The van der Waals surface area contributed by atoms with Crippen LogP contribution < -0.4 is 0 Å². The Hall–Kier alpha value is -0.950. The van der Waals surface area contributed by atoms with Crippen molar-refractivity contribution in [1.29, 1.82) is 0 Å². The molecule has 0 fully saturated rings. The van der Waals surface area contributed by atoms with Crippen molar-refractivity contribution in [2.75, 3.05) is 11.1 Å². The van der Waals surface area contributed by atoms with Crippen LogP contribution in [-0.2, 0) is 9.84 Å². The number of rotatable bonds is 4. The van der Waals surface area contributed by atoms with E-state index in [2.05, 4.69) is 15.9 Å². The molecular weight excluding hydrogens is 286 g/mol. The van der Waals surface area contributed by atoms with Gasteiger partial charge < -0.3 is 0 Å². The van der Waals surface area contributed by atoms with Crippen LogP contribution in [0.3, 0.4) is 0 Å². The van der Waals surface area contributed by atoms with Gasteiger partial charge in [-0.05, 0) is 12.1 Å². The van der Waals surface area contributed by atoms with Crippen molar-refractivity contribution < 1.29 is 13.3 Å². The van der Waals surface area contributed by atoms with E-state index in [4.69, 9.17) is 0 Å². The summed E-state index contributed by atoms with van der Waals surface area (Å²) in [6.45, 7) is 0. The highest BCUT2D eigenvalue weighted by Gasteiger charge is 2.14. The van der Waals surface area contributed by atoms with Crippen molar-refractivity contribution in [2.45, 2.75) is 4.90 Å². The van der Waals surface area contributed by atoms with Gasteiger partial charge in [0.15, 0.2) is 9.84 Å². The fraction of sp³-hybridized carbons (Fsp3) is 0.250. The minimum absolute atomic E-state index is 0.0230. The molecule has 0 radical (unpaired) electrons. The highest BCUT2D eigenvalue weighted by Crippen LogP contribution is 2.17. The smallest absolute Gasteiger partial charge is 0.258 e. The van der Waals surface area contributed by atoms with Crippen LogP contribution >= 0.6 is 15.9 Å². The normalized spacial score (nSPS) is 11.3. The fourth-order valence-corrected chi connectivity index (χ4v) is 3.26. The number of sulfone groups is 1. The zero-order chi connectivity index (χ0) is 11.5. The molecule has 0 saturated carbocycles. The molecule has 0 amide bonds. The Morgan fingerprint density at radius 1 is 1.27 bits per heavy atom. The largest absolute Gasteiger partial charge is 0.269 e. The van der Waals surface area contributed by atoms with Crippen LogP contribution in [0.2, 0.25) is 0 Å². The van der Waals surface area contributed by atoms with E-state index in [0.29, 0.717) is 5.33 Å². The third-order valence-corrected chi connectivity index (χ3v) is 4.41. The Bertz CT molecular complexity index is 454. The molecule has 82 valence electrons. The Kier molecular flexibility index (Phi) is 3.81. The van der Waals surface area contributed by atoms with Crippen LogP contribution in [0.5, 0.6) is 0 Å². The lowest BCUT2D eigenvalue weighted by Gasteiger charge is -2.00. The Labute approximate surface area is 95.3 Å². The SMILES string of the molecule is O=[N+]([O-])c1ccc(S(=O)(=O)CCBr)cc1. The summed E-state index contributed by atoms with van der Waals surface area (Å²) in [5, 5.41) is 10.7. The molecule has 0 unspecified atom stereocenters. The van der Waals surface area contributed by atoms with Crippen LogP contribution in [0.15, 0.2) is 29.2 Å². The summed E-state index contributed by atoms with van der Waals surface area (Å²) in [6.07, 6.45) is 0. The second-order valence-electron chi connectivity index (χ2n) is 2.76. The van der Waals surface area contributed by atoms with Crippen molar-refractivity contribution in [3.8, 4) is 0 Å². The average Bonchev–Trinajstić information content (AvgIpc) is 2.18. The van der Waals surface area contributed by atoms with Gasteiger partial charge in [0.1, 0.15) is 0 Å². The number of benzene rings is 1. The van der Waals surface area contributed by atoms with Gasteiger partial charge in [0.25, 0.3) is 5.69 Å². The lowest BCUT2D eigenvalue weighted by atomic mass is 10.3. The van der Waals surface area contributed by atoms with E-state index in [0.717, 1.165) is 0 Å². The molecule has 1 aromatic carbocycles. The summed E-state index contributed by atoms with van der Waals surface area (Å²) in [4.78, 5) is 9.87. The van der Waals surface area contributed by atoms with Gasteiger partial charge in [-0.2, -0.15) is 0 Å².